The van der Waals surface area contributed by atoms with E-state index in [4.69, 9.17) is 5.11 Å². The van der Waals surface area contributed by atoms with Crippen molar-refractivity contribution in [2.45, 2.75) is 13.0 Å². The molecule has 1 fully saturated rings. The molecule has 1 aliphatic heterocycles. The van der Waals surface area contributed by atoms with Crippen molar-refractivity contribution in [2.24, 2.45) is 5.92 Å². The Bertz CT molecular complexity index is 371. The Balaban J connectivity index is 1.77. The molecule has 1 saturated heterocycles. The number of hydrogen-bond donors (Lipinski definition) is 1. The first-order valence-corrected chi connectivity index (χ1v) is 5.32. The largest absolute Gasteiger partial charge is 0.481 e. The van der Waals surface area contributed by atoms with Crippen LogP contribution in [-0.2, 0) is 11.3 Å². The zero-order valence-corrected chi connectivity index (χ0v) is 8.90. The lowest BCUT2D eigenvalue weighted by Crippen LogP contribution is -2.46. The van der Waals surface area contributed by atoms with Gasteiger partial charge in [-0.3, -0.25) is 9.69 Å². The third kappa shape index (κ3) is 2.79. The predicted molar refractivity (Wildman–Crippen MR) is 57.4 cm³/mol. The number of nitrogens with zero attached hydrogens (tertiary/aromatic N) is 1. The van der Waals surface area contributed by atoms with Crippen LogP contribution in [0, 0.1) is 11.7 Å². The van der Waals surface area contributed by atoms with E-state index in [1.165, 1.54) is 12.1 Å². The molecule has 0 unspecified atom stereocenters. The van der Waals surface area contributed by atoms with E-state index in [0.29, 0.717) is 0 Å². The Hall–Kier alpha value is -1.42. The van der Waals surface area contributed by atoms with Crippen molar-refractivity contribution in [1.29, 1.82) is 0 Å². The number of benzene rings is 1. The van der Waals surface area contributed by atoms with Gasteiger partial charge in [0.1, 0.15) is 5.82 Å². The van der Waals surface area contributed by atoms with E-state index in [2.05, 4.69) is 4.90 Å². The Morgan fingerprint density at radius 3 is 2.56 bits per heavy atom. The minimum Gasteiger partial charge on any atom is -0.481 e. The summed E-state index contributed by atoms with van der Waals surface area (Å²) in [5.74, 6) is -0.680. The van der Waals surface area contributed by atoms with Gasteiger partial charge in [-0.1, -0.05) is 12.1 Å². The molecule has 86 valence electrons. The van der Waals surface area contributed by atoms with Crippen molar-refractivity contribution in [3.8, 4) is 0 Å². The summed E-state index contributed by atoms with van der Waals surface area (Å²) in [5, 5.41) is 8.60. The summed E-state index contributed by atoms with van der Waals surface area (Å²) >= 11 is 0. The van der Waals surface area contributed by atoms with E-state index in [1.54, 1.807) is 12.1 Å². The monoisotopic (exact) mass is 223 g/mol. The highest BCUT2D eigenvalue weighted by Gasteiger charge is 2.28. The van der Waals surface area contributed by atoms with Crippen LogP contribution < -0.4 is 0 Å². The third-order valence-electron chi connectivity index (χ3n) is 2.82. The van der Waals surface area contributed by atoms with Gasteiger partial charge in [0, 0.05) is 19.6 Å². The van der Waals surface area contributed by atoms with Crippen molar-refractivity contribution in [1.82, 2.24) is 4.90 Å². The highest BCUT2D eigenvalue weighted by atomic mass is 19.1. The van der Waals surface area contributed by atoms with Crippen LogP contribution in [0.15, 0.2) is 24.3 Å². The van der Waals surface area contributed by atoms with Gasteiger partial charge < -0.3 is 5.11 Å². The summed E-state index contributed by atoms with van der Waals surface area (Å²) in [6, 6.07) is 6.42. The lowest BCUT2D eigenvalue weighted by molar-refractivity contribution is -0.139. The minimum absolute atomic E-state index is 0.226. The standard InChI is InChI=1S/C12H14FNO2/c13-11-3-1-9(2-4-11)6-14-7-10(8-14)5-12(15)16/h1-4,10H,5-8H2,(H,15,16). The van der Waals surface area contributed by atoms with Gasteiger partial charge in [0.15, 0.2) is 0 Å². The van der Waals surface area contributed by atoms with E-state index in [-0.39, 0.29) is 18.2 Å². The van der Waals surface area contributed by atoms with Crippen LogP contribution in [0.3, 0.4) is 0 Å². The molecule has 1 N–H and O–H groups in total. The average molecular weight is 223 g/mol. The lowest BCUT2D eigenvalue weighted by Gasteiger charge is -2.38. The summed E-state index contributed by atoms with van der Waals surface area (Å²) in [4.78, 5) is 12.6. The van der Waals surface area contributed by atoms with Crippen LogP contribution in [0.25, 0.3) is 0 Å². The van der Waals surface area contributed by atoms with Gasteiger partial charge >= 0.3 is 5.97 Å². The van der Waals surface area contributed by atoms with Crippen molar-refractivity contribution >= 4 is 5.97 Å². The quantitative estimate of drug-likeness (QED) is 0.845. The summed E-state index contributed by atoms with van der Waals surface area (Å²) in [5.41, 5.74) is 1.06. The molecule has 1 heterocycles. The normalized spacial score (nSPS) is 17.1. The number of halogens is 1. The Morgan fingerprint density at radius 1 is 1.38 bits per heavy atom. The SMILES string of the molecule is O=C(O)CC1CN(Cc2ccc(F)cc2)C1. The van der Waals surface area contributed by atoms with Crippen molar-refractivity contribution < 1.29 is 14.3 Å². The molecule has 3 nitrogen and oxygen atoms in total. The van der Waals surface area contributed by atoms with Crippen LogP contribution in [-0.4, -0.2) is 29.1 Å². The first kappa shape index (κ1) is 11.1. The molecule has 0 radical (unpaired) electrons. The van der Waals surface area contributed by atoms with Crippen LogP contribution in [0.5, 0.6) is 0 Å². The minimum atomic E-state index is -0.730. The second-order valence-electron chi connectivity index (χ2n) is 4.28. The first-order chi connectivity index (χ1) is 7.63. The average Bonchev–Trinajstić information content (AvgIpc) is 2.17. The fraction of sp³-hybridized carbons (Fsp3) is 0.417. The molecule has 0 aliphatic carbocycles. The van der Waals surface area contributed by atoms with E-state index >= 15 is 0 Å². The topological polar surface area (TPSA) is 40.5 Å². The molecule has 0 amide bonds. The van der Waals surface area contributed by atoms with Crippen LogP contribution >= 0.6 is 0 Å². The van der Waals surface area contributed by atoms with Crippen LogP contribution in [0.1, 0.15) is 12.0 Å². The number of carboxylic acids is 1. The Labute approximate surface area is 93.5 Å². The molecule has 0 aromatic heterocycles. The molecule has 16 heavy (non-hydrogen) atoms. The zero-order valence-electron chi connectivity index (χ0n) is 8.90. The van der Waals surface area contributed by atoms with Gasteiger partial charge in [-0.25, -0.2) is 4.39 Å². The molecule has 1 aromatic rings. The van der Waals surface area contributed by atoms with E-state index in [9.17, 15) is 9.18 Å². The highest BCUT2D eigenvalue weighted by Crippen LogP contribution is 2.21. The van der Waals surface area contributed by atoms with Gasteiger partial charge in [0.2, 0.25) is 0 Å². The van der Waals surface area contributed by atoms with Gasteiger partial charge in [-0.05, 0) is 23.6 Å². The molecular formula is C12H14FNO2. The predicted octanol–water partition coefficient (Wildman–Crippen LogP) is 1.73. The fourth-order valence-electron chi connectivity index (χ4n) is 2.03. The summed E-state index contributed by atoms with van der Waals surface area (Å²) < 4.78 is 12.6. The zero-order chi connectivity index (χ0) is 11.5. The maximum absolute atomic E-state index is 12.6. The van der Waals surface area contributed by atoms with Gasteiger partial charge in [-0.2, -0.15) is 0 Å². The van der Waals surface area contributed by atoms with Crippen LogP contribution in [0.4, 0.5) is 4.39 Å². The van der Waals surface area contributed by atoms with Crippen molar-refractivity contribution in [2.75, 3.05) is 13.1 Å². The summed E-state index contributed by atoms with van der Waals surface area (Å²) in [6.45, 7) is 2.42. The van der Waals surface area contributed by atoms with Crippen molar-refractivity contribution in [3.05, 3.63) is 35.6 Å². The smallest absolute Gasteiger partial charge is 0.303 e. The fourth-order valence-corrected chi connectivity index (χ4v) is 2.03. The van der Waals surface area contributed by atoms with E-state index in [1.807, 2.05) is 0 Å². The molecule has 0 spiro atoms. The van der Waals surface area contributed by atoms with Gasteiger partial charge in [0.25, 0.3) is 0 Å². The number of carboxylic acid groups (broad SMARTS) is 1. The number of rotatable bonds is 4. The van der Waals surface area contributed by atoms with Crippen LogP contribution in [0.2, 0.25) is 0 Å². The van der Waals surface area contributed by atoms with Gasteiger partial charge in [0.05, 0.1) is 6.42 Å². The molecule has 1 aromatic carbocycles. The third-order valence-corrected chi connectivity index (χ3v) is 2.82. The van der Waals surface area contributed by atoms with E-state index in [0.717, 1.165) is 25.2 Å². The second-order valence-corrected chi connectivity index (χ2v) is 4.28. The van der Waals surface area contributed by atoms with E-state index < -0.39 is 5.97 Å². The second kappa shape index (κ2) is 4.61. The molecule has 2 rings (SSSR count). The number of aliphatic carboxylic acids is 1. The lowest BCUT2D eigenvalue weighted by atomic mass is 9.96. The highest BCUT2D eigenvalue weighted by molar-refractivity contribution is 5.67. The molecule has 0 bridgehead atoms. The Morgan fingerprint density at radius 2 is 2.00 bits per heavy atom. The number of carbonyl (C=O) groups is 1. The Kier molecular flexibility index (Phi) is 3.19. The molecule has 0 saturated carbocycles. The maximum Gasteiger partial charge on any atom is 0.303 e. The summed E-state index contributed by atoms with van der Waals surface area (Å²) in [7, 11) is 0. The maximum atomic E-state index is 12.6. The number of likely N-dealkylation sites (tertiary alicyclic amines) is 1. The molecule has 0 atom stereocenters. The number of hydrogen-bond acceptors (Lipinski definition) is 2. The molecule has 4 heteroatoms. The first-order valence-electron chi connectivity index (χ1n) is 5.32. The van der Waals surface area contributed by atoms with Crippen molar-refractivity contribution in [3.63, 3.8) is 0 Å². The molecular weight excluding hydrogens is 209 g/mol. The molecule has 1 aliphatic rings. The summed E-state index contributed by atoms with van der Waals surface area (Å²) in [6.07, 6.45) is 0.250. The van der Waals surface area contributed by atoms with Gasteiger partial charge in [-0.15, -0.1) is 0 Å².